The van der Waals surface area contributed by atoms with Crippen molar-refractivity contribution in [2.45, 2.75) is 26.3 Å². The molecule has 8 nitrogen and oxygen atoms in total. The fraction of sp³-hybridized carbons (Fsp3) is 0.526. The molecule has 0 atom stereocenters. The molecule has 0 unspecified atom stereocenters. The van der Waals surface area contributed by atoms with Crippen molar-refractivity contribution in [1.82, 2.24) is 20.8 Å². The van der Waals surface area contributed by atoms with Crippen LogP contribution in [0.5, 0.6) is 0 Å². The molecular formula is C19H29ClIN5O3. The number of aliphatic imine (C=N–C) groups is 1. The smallest absolute Gasteiger partial charge is 0.246 e. The number of hydrogen-bond acceptors (Lipinski definition) is 6. The SMILES string of the molecule is CCCCOCCOCCNC(=NC)NCc1nc(-c2cccc(Cl)c2)no1.I. The van der Waals surface area contributed by atoms with Gasteiger partial charge < -0.3 is 24.6 Å². The molecule has 162 valence electrons. The third-order valence-corrected chi connectivity index (χ3v) is 3.97. The van der Waals surface area contributed by atoms with Crippen LogP contribution in [0.15, 0.2) is 33.8 Å². The Balaban J connectivity index is 0.00000420. The topological polar surface area (TPSA) is 93.8 Å². The number of nitrogens with zero attached hydrogens (tertiary/aromatic N) is 3. The molecule has 0 aliphatic heterocycles. The number of hydrogen-bond donors (Lipinski definition) is 2. The highest BCUT2D eigenvalue weighted by molar-refractivity contribution is 14.0. The molecule has 2 N–H and O–H groups in total. The monoisotopic (exact) mass is 537 g/mol. The maximum Gasteiger partial charge on any atom is 0.246 e. The van der Waals surface area contributed by atoms with Crippen LogP contribution in [0.4, 0.5) is 0 Å². The van der Waals surface area contributed by atoms with Crippen LogP contribution in [0, 0.1) is 0 Å². The van der Waals surface area contributed by atoms with Crippen LogP contribution in [-0.2, 0) is 16.0 Å². The van der Waals surface area contributed by atoms with Gasteiger partial charge in [0.25, 0.3) is 0 Å². The minimum Gasteiger partial charge on any atom is -0.379 e. The Hall–Kier alpha value is -1.43. The van der Waals surface area contributed by atoms with Gasteiger partial charge in [-0.3, -0.25) is 4.99 Å². The lowest BCUT2D eigenvalue weighted by Gasteiger charge is -2.10. The number of ether oxygens (including phenoxy) is 2. The molecule has 1 aromatic heterocycles. The van der Waals surface area contributed by atoms with Gasteiger partial charge in [-0.1, -0.05) is 42.2 Å². The summed E-state index contributed by atoms with van der Waals surface area (Å²) in [7, 11) is 1.70. The van der Waals surface area contributed by atoms with Gasteiger partial charge in [0.05, 0.1) is 26.4 Å². The second-order valence-corrected chi connectivity index (χ2v) is 6.39. The molecule has 0 fully saturated rings. The molecule has 0 saturated heterocycles. The molecule has 2 rings (SSSR count). The van der Waals surface area contributed by atoms with Crippen LogP contribution in [-0.4, -0.2) is 56.1 Å². The van der Waals surface area contributed by atoms with E-state index in [2.05, 4.69) is 32.7 Å². The zero-order valence-electron chi connectivity index (χ0n) is 16.8. The van der Waals surface area contributed by atoms with Crippen LogP contribution < -0.4 is 10.6 Å². The van der Waals surface area contributed by atoms with Gasteiger partial charge in [0.2, 0.25) is 11.7 Å². The highest BCUT2D eigenvalue weighted by Gasteiger charge is 2.09. The molecule has 29 heavy (non-hydrogen) atoms. The Morgan fingerprint density at radius 2 is 1.97 bits per heavy atom. The summed E-state index contributed by atoms with van der Waals surface area (Å²) in [4.78, 5) is 8.51. The lowest BCUT2D eigenvalue weighted by molar-refractivity contribution is 0.0487. The van der Waals surface area contributed by atoms with Gasteiger partial charge in [0.15, 0.2) is 5.96 Å². The van der Waals surface area contributed by atoms with E-state index in [1.807, 2.05) is 12.1 Å². The highest BCUT2D eigenvalue weighted by Crippen LogP contribution is 2.19. The van der Waals surface area contributed by atoms with Gasteiger partial charge >= 0.3 is 0 Å². The van der Waals surface area contributed by atoms with Crippen molar-refractivity contribution in [1.29, 1.82) is 0 Å². The molecule has 1 aromatic carbocycles. The maximum atomic E-state index is 5.99. The number of guanidine groups is 1. The quantitative estimate of drug-likeness (QED) is 0.185. The lowest BCUT2D eigenvalue weighted by Crippen LogP contribution is -2.38. The molecule has 0 aliphatic carbocycles. The third kappa shape index (κ3) is 10.2. The van der Waals surface area contributed by atoms with E-state index >= 15 is 0 Å². The largest absolute Gasteiger partial charge is 0.379 e. The predicted octanol–water partition coefficient (Wildman–Crippen LogP) is 3.51. The zero-order valence-corrected chi connectivity index (χ0v) is 19.9. The van der Waals surface area contributed by atoms with E-state index in [-0.39, 0.29) is 24.0 Å². The van der Waals surface area contributed by atoms with E-state index in [0.29, 0.717) is 55.6 Å². The first-order chi connectivity index (χ1) is 13.7. The molecule has 0 bridgehead atoms. The number of rotatable bonds is 12. The van der Waals surface area contributed by atoms with Crippen molar-refractivity contribution in [2.24, 2.45) is 4.99 Å². The van der Waals surface area contributed by atoms with Gasteiger partial charge in [-0.2, -0.15) is 4.98 Å². The Morgan fingerprint density at radius 1 is 1.17 bits per heavy atom. The lowest BCUT2D eigenvalue weighted by atomic mass is 10.2. The summed E-state index contributed by atoms with van der Waals surface area (Å²) < 4.78 is 16.2. The van der Waals surface area contributed by atoms with E-state index in [1.165, 1.54) is 0 Å². The van der Waals surface area contributed by atoms with E-state index in [4.69, 9.17) is 25.6 Å². The summed E-state index contributed by atoms with van der Waals surface area (Å²) in [5, 5.41) is 10.9. The average molecular weight is 538 g/mol. The Bertz CT molecular complexity index is 729. The van der Waals surface area contributed by atoms with Gasteiger partial charge in [-0.25, -0.2) is 0 Å². The minimum atomic E-state index is 0. The number of halogens is 2. The molecule has 0 amide bonds. The molecule has 0 saturated carbocycles. The van der Waals surface area contributed by atoms with Crippen LogP contribution >= 0.6 is 35.6 Å². The van der Waals surface area contributed by atoms with Crippen molar-refractivity contribution in [2.75, 3.05) is 40.0 Å². The van der Waals surface area contributed by atoms with Crippen LogP contribution in [0.3, 0.4) is 0 Å². The minimum absolute atomic E-state index is 0. The molecule has 0 spiro atoms. The van der Waals surface area contributed by atoms with Crippen LogP contribution in [0.25, 0.3) is 11.4 Å². The second-order valence-electron chi connectivity index (χ2n) is 5.95. The van der Waals surface area contributed by atoms with E-state index in [0.717, 1.165) is 25.0 Å². The summed E-state index contributed by atoms with van der Waals surface area (Å²) in [5.74, 6) is 1.58. The van der Waals surface area contributed by atoms with Crippen molar-refractivity contribution in [3.63, 3.8) is 0 Å². The first-order valence-electron chi connectivity index (χ1n) is 9.41. The normalized spacial score (nSPS) is 11.2. The average Bonchev–Trinajstić information content (AvgIpc) is 3.18. The van der Waals surface area contributed by atoms with Crippen molar-refractivity contribution in [3.8, 4) is 11.4 Å². The summed E-state index contributed by atoms with van der Waals surface area (Å²) in [5.41, 5.74) is 0.806. The fourth-order valence-electron chi connectivity index (χ4n) is 2.26. The summed E-state index contributed by atoms with van der Waals surface area (Å²) in [6.45, 7) is 5.71. The van der Waals surface area contributed by atoms with Crippen molar-refractivity contribution < 1.29 is 14.0 Å². The first-order valence-corrected chi connectivity index (χ1v) is 9.79. The Morgan fingerprint density at radius 3 is 2.69 bits per heavy atom. The highest BCUT2D eigenvalue weighted by atomic mass is 127. The summed E-state index contributed by atoms with van der Waals surface area (Å²) in [6.07, 6.45) is 2.23. The number of nitrogens with one attached hydrogen (secondary N) is 2. The molecule has 0 radical (unpaired) electrons. The molecule has 2 aromatic rings. The Kier molecular flexibility index (Phi) is 13.6. The van der Waals surface area contributed by atoms with Crippen LogP contribution in [0.1, 0.15) is 25.7 Å². The zero-order chi connectivity index (χ0) is 20.0. The van der Waals surface area contributed by atoms with Gasteiger partial charge in [-0.15, -0.1) is 24.0 Å². The Labute approximate surface area is 193 Å². The standard InChI is InChI=1S/C19H28ClN5O3.HI/c1-3-4-9-26-11-12-27-10-8-22-19(21-2)23-14-17-24-18(25-28-17)15-6-5-7-16(20)13-15;/h5-7,13H,3-4,8-12,14H2,1-2H3,(H2,21,22,23);1H. The van der Waals surface area contributed by atoms with Gasteiger partial charge in [-0.05, 0) is 18.6 Å². The van der Waals surface area contributed by atoms with Crippen molar-refractivity contribution >= 4 is 41.5 Å². The van der Waals surface area contributed by atoms with Gasteiger partial charge in [0, 0.05) is 30.8 Å². The number of benzene rings is 1. The van der Waals surface area contributed by atoms with E-state index < -0.39 is 0 Å². The van der Waals surface area contributed by atoms with Crippen LogP contribution in [0.2, 0.25) is 5.02 Å². The predicted molar refractivity (Wildman–Crippen MR) is 125 cm³/mol. The molecule has 0 aliphatic rings. The number of aromatic nitrogens is 2. The van der Waals surface area contributed by atoms with Crippen molar-refractivity contribution in [3.05, 3.63) is 35.2 Å². The van der Waals surface area contributed by atoms with E-state index in [9.17, 15) is 0 Å². The van der Waals surface area contributed by atoms with E-state index in [1.54, 1.807) is 19.2 Å². The summed E-state index contributed by atoms with van der Waals surface area (Å²) >= 11 is 5.99. The maximum absolute atomic E-state index is 5.99. The first kappa shape index (κ1) is 25.6. The molecular weight excluding hydrogens is 509 g/mol. The number of unbranched alkanes of at least 4 members (excludes halogenated alkanes) is 1. The second kappa shape index (κ2) is 15.4. The third-order valence-electron chi connectivity index (χ3n) is 3.73. The molecule has 1 heterocycles. The summed E-state index contributed by atoms with van der Waals surface area (Å²) in [6, 6.07) is 7.31. The molecule has 10 heteroatoms. The van der Waals surface area contributed by atoms with Gasteiger partial charge in [0.1, 0.15) is 0 Å². The fourth-order valence-corrected chi connectivity index (χ4v) is 2.45.